The SMILES string of the molecule is COCc1ccccc1C(C)=NOC. The summed E-state index contributed by atoms with van der Waals surface area (Å²) in [6.07, 6.45) is 0. The molecule has 0 heterocycles. The molecule has 0 saturated heterocycles. The van der Waals surface area contributed by atoms with Gasteiger partial charge in [-0.2, -0.15) is 0 Å². The highest BCUT2D eigenvalue weighted by Gasteiger charge is 2.04. The zero-order valence-corrected chi connectivity index (χ0v) is 8.78. The molecular formula is C11H15NO2. The largest absolute Gasteiger partial charge is 0.399 e. The summed E-state index contributed by atoms with van der Waals surface area (Å²) < 4.78 is 5.10. The first kappa shape index (κ1) is 10.7. The summed E-state index contributed by atoms with van der Waals surface area (Å²) in [5, 5.41) is 3.90. The van der Waals surface area contributed by atoms with Gasteiger partial charge in [-0.05, 0) is 12.5 Å². The average Bonchev–Trinajstić information content (AvgIpc) is 2.19. The number of nitrogens with zero attached hydrogens (tertiary/aromatic N) is 1. The summed E-state index contributed by atoms with van der Waals surface area (Å²) in [7, 11) is 3.22. The van der Waals surface area contributed by atoms with E-state index in [1.54, 1.807) is 14.2 Å². The Morgan fingerprint density at radius 1 is 1.29 bits per heavy atom. The van der Waals surface area contributed by atoms with Crippen molar-refractivity contribution in [3.8, 4) is 0 Å². The number of rotatable bonds is 4. The van der Waals surface area contributed by atoms with Crippen LogP contribution in [0.5, 0.6) is 0 Å². The number of methoxy groups -OCH3 is 1. The number of benzene rings is 1. The van der Waals surface area contributed by atoms with Crippen molar-refractivity contribution in [3.63, 3.8) is 0 Å². The molecule has 0 atom stereocenters. The van der Waals surface area contributed by atoms with E-state index in [0.29, 0.717) is 6.61 Å². The van der Waals surface area contributed by atoms with Gasteiger partial charge in [0.1, 0.15) is 7.11 Å². The van der Waals surface area contributed by atoms with Crippen LogP contribution in [-0.2, 0) is 16.2 Å². The van der Waals surface area contributed by atoms with E-state index >= 15 is 0 Å². The Balaban J connectivity index is 3.00. The lowest BCUT2D eigenvalue weighted by atomic mass is 10.0. The molecule has 0 aliphatic heterocycles. The molecule has 1 aromatic carbocycles. The molecule has 76 valence electrons. The summed E-state index contributed by atoms with van der Waals surface area (Å²) in [4.78, 5) is 4.74. The molecule has 0 bridgehead atoms. The molecule has 0 fully saturated rings. The average molecular weight is 193 g/mol. The van der Waals surface area contributed by atoms with E-state index < -0.39 is 0 Å². The van der Waals surface area contributed by atoms with Crippen molar-refractivity contribution in [2.45, 2.75) is 13.5 Å². The fourth-order valence-electron chi connectivity index (χ4n) is 1.34. The maximum absolute atomic E-state index is 5.10. The van der Waals surface area contributed by atoms with Crippen LogP contribution in [0, 0.1) is 0 Å². The third-order valence-electron chi connectivity index (χ3n) is 1.94. The molecule has 0 aromatic heterocycles. The minimum Gasteiger partial charge on any atom is -0.399 e. The Hall–Kier alpha value is -1.35. The lowest BCUT2D eigenvalue weighted by molar-refractivity contribution is 0.184. The number of ether oxygens (including phenoxy) is 1. The van der Waals surface area contributed by atoms with E-state index in [9.17, 15) is 0 Å². The Morgan fingerprint density at radius 2 is 2.00 bits per heavy atom. The Bertz CT molecular complexity index is 321. The molecule has 0 aliphatic rings. The molecule has 1 rings (SSSR count). The number of hydrogen-bond acceptors (Lipinski definition) is 3. The topological polar surface area (TPSA) is 30.8 Å². The van der Waals surface area contributed by atoms with Crippen molar-refractivity contribution >= 4 is 5.71 Å². The van der Waals surface area contributed by atoms with E-state index in [1.165, 1.54) is 0 Å². The first-order valence-electron chi connectivity index (χ1n) is 4.44. The van der Waals surface area contributed by atoms with Crippen LogP contribution in [0.15, 0.2) is 29.4 Å². The zero-order chi connectivity index (χ0) is 10.4. The monoisotopic (exact) mass is 193 g/mol. The summed E-state index contributed by atoms with van der Waals surface area (Å²) in [6, 6.07) is 7.99. The maximum Gasteiger partial charge on any atom is 0.106 e. The molecule has 0 spiro atoms. The molecule has 0 saturated carbocycles. The van der Waals surface area contributed by atoms with Crippen molar-refractivity contribution < 1.29 is 9.57 Å². The van der Waals surface area contributed by atoms with E-state index in [0.717, 1.165) is 16.8 Å². The quantitative estimate of drug-likeness (QED) is 0.542. The van der Waals surface area contributed by atoms with Crippen molar-refractivity contribution in [3.05, 3.63) is 35.4 Å². The van der Waals surface area contributed by atoms with Gasteiger partial charge in [-0.3, -0.25) is 0 Å². The molecule has 0 N–H and O–H groups in total. The van der Waals surface area contributed by atoms with Crippen LogP contribution in [0.25, 0.3) is 0 Å². The molecular weight excluding hydrogens is 178 g/mol. The van der Waals surface area contributed by atoms with E-state index in [1.807, 2.05) is 31.2 Å². The van der Waals surface area contributed by atoms with Gasteiger partial charge in [0, 0.05) is 12.7 Å². The zero-order valence-electron chi connectivity index (χ0n) is 8.78. The van der Waals surface area contributed by atoms with Gasteiger partial charge in [-0.15, -0.1) is 0 Å². The molecule has 0 unspecified atom stereocenters. The third kappa shape index (κ3) is 2.57. The predicted molar refractivity (Wildman–Crippen MR) is 56.4 cm³/mol. The summed E-state index contributed by atoms with van der Waals surface area (Å²) in [5.41, 5.74) is 3.05. The fourth-order valence-corrected chi connectivity index (χ4v) is 1.34. The minimum atomic E-state index is 0.590. The highest BCUT2D eigenvalue weighted by molar-refractivity contribution is 5.99. The molecule has 3 heteroatoms. The second-order valence-electron chi connectivity index (χ2n) is 2.95. The van der Waals surface area contributed by atoms with Crippen LogP contribution in [0.2, 0.25) is 0 Å². The first-order chi connectivity index (χ1) is 6.79. The Labute approximate surface area is 84.3 Å². The third-order valence-corrected chi connectivity index (χ3v) is 1.94. The van der Waals surface area contributed by atoms with Gasteiger partial charge >= 0.3 is 0 Å². The molecule has 1 aromatic rings. The normalized spacial score (nSPS) is 11.5. The van der Waals surface area contributed by atoms with Crippen LogP contribution in [0.1, 0.15) is 18.1 Å². The van der Waals surface area contributed by atoms with E-state index in [2.05, 4.69) is 5.16 Å². The standard InChI is InChI=1S/C11H15NO2/c1-9(12-14-3)11-7-5-4-6-10(11)8-13-2/h4-7H,8H2,1-3H3. The van der Waals surface area contributed by atoms with Gasteiger partial charge < -0.3 is 9.57 Å². The van der Waals surface area contributed by atoms with Gasteiger partial charge in [-0.25, -0.2) is 0 Å². The van der Waals surface area contributed by atoms with Gasteiger partial charge in [-0.1, -0.05) is 29.4 Å². The van der Waals surface area contributed by atoms with Gasteiger partial charge in [0.2, 0.25) is 0 Å². The summed E-state index contributed by atoms with van der Waals surface area (Å²) in [6.45, 7) is 2.50. The van der Waals surface area contributed by atoms with Crippen LogP contribution in [-0.4, -0.2) is 19.9 Å². The molecule has 0 radical (unpaired) electrons. The molecule has 0 aliphatic carbocycles. The lowest BCUT2D eigenvalue weighted by Crippen LogP contribution is -2.02. The maximum atomic E-state index is 5.10. The summed E-state index contributed by atoms with van der Waals surface area (Å²) in [5.74, 6) is 0. The highest BCUT2D eigenvalue weighted by atomic mass is 16.6. The van der Waals surface area contributed by atoms with Crippen molar-refractivity contribution in [1.82, 2.24) is 0 Å². The minimum absolute atomic E-state index is 0.590. The fraction of sp³-hybridized carbons (Fsp3) is 0.364. The van der Waals surface area contributed by atoms with Crippen LogP contribution in [0.4, 0.5) is 0 Å². The smallest absolute Gasteiger partial charge is 0.106 e. The number of hydrogen-bond donors (Lipinski definition) is 0. The van der Waals surface area contributed by atoms with E-state index in [-0.39, 0.29) is 0 Å². The van der Waals surface area contributed by atoms with Gasteiger partial charge in [0.25, 0.3) is 0 Å². The molecule has 0 amide bonds. The molecule has 3 nitrogen and oxygen atoms in total. The lowest BCUT2D eigenvalue weighted by Gasteiger charge is -2.07. The van der Waals surface area contributed by atoms with Crippen LogP contribution in [0.3, 0.4) is 0 Å². The van der Waals surface area contributed by atoms with Crippen molar-refractivity contribution in [1.29, 1.82) is 0 Å². The Morgan fingerprint density at radius 3 is 2.64 bits per heavy atom. The van der Waals surface area contributed by atoms with Gasteiger partial charge in [0.05, 0.1) is 12.3 Å². The van der Waals surface area contributed by atoms with Gasteiger partial charge in [0.15, 0.2) is 0 Å². The van der Waals surface area contributed by atoms with Crippen LogP contribution >= 0.6 is 0 Å². The molecule has 14 heavy (non-hydrogen) atoms. The summed E-state index contributed by atoms with van der Waals surface area (Å²) >= 11 is 0. The highest BCUT2D eigenvalue weighted by Crippen LogP contribution is 2.11. The second-order valence-corrected chi connectivity index (χ2v) is 2.95. The van der Waals surface area contributed by atoms with E-state index in [4.69, 9.17) is 9.57 Å². The second kappa shape index (κ2) is 5.40. The predicted octanol–water partition coefficient (Wildman–Crippen LogP) is 2.20. The first-order valence-corrected chi connectivity index (χ1v) is 4.44. The van der Waals surface area contributed by atoms with Crippen molar-refractivity contribution in [2.75, 3.05) is 14.2 Å². The van der Waals surface area contributed by atoms with Crippen molar-refractivity contribution in [2.24, 2.45) is 5.16 Å². The van der Waals surface area contributed by atoms with Crippen LogP contribution < -0.4 is 0 Å². The Kier molecular flexibility index (Phi) is 4.13. The number of oxime groups is 1.